The standard InChI is InChI=1S/C62H60/c1-5-23-45-46(24-6-2)48(26-8-4)52-38-54-53(37-51(52)47(45)25-7-3)61(43-31-17-11-18-32-43)57-39-55-56(40-58(57)62(54)44-33-19-12-20-34-44)60(42-29-15-10-16-30-42)50-36-22-21-35-49(50)59(55)41-27-13-9-14-28-41/h9-22,27-36H,5-8,23-26,37-40H2,1-4H3. The highest BCUT2D eigenvalue weighted by Crippen LogP contribution is 2.53. The van der Waals surface area contributed by atoms with E-state index in [2.05, 4.69) is 173 Å². The molecule has 0 atom stereocenters. The van der Waals surface area contributed by atoms with Crippen molar-refractivity contribution in [1.82, 2.24) is 0 Å². The Morgan fingerprint density at radius 1 is 0.258 bits per heavy atom. The Balaban J connectivity index is 1.34. The van der Waals surface area contributed by atoms with E-state index in [1.807, 2.05) is 0 Å². The quantitative estimate of drug-likeness (QED) is 0.115. The summed E-state index contributed by atoms with van der Waals surface area (Å²) in [6.45, 7) is 9.57. The second-order valence-electron chi connectivity index (χ2n) is 18.0. The molecule has 0 saturated heterocycles. The van der Waals surface area contributed by atoms with Gasteiger partial charge in [-0.2, -0.15) is 0 Å². The second kappa shape index (κ2) is 17.4. The second-order valence-corrected chi connectivity index (χ2v) is 18.0. The van der Waals surface area contributed by atoms with Crippen molar-refractivity contribution < 1.29 is 0 Å². The molecule has 0 heterocycles. The zero-order valence-electron chi connectivity index (χ0n) is 37.3. The fraction of sp³-hybridized carbons (Fsp3) is 0.258. The highest BCUT2D eigenvalue weighted by Gasteiger charge is 2.36. The van der Waals surface area contributed by atoms with Gasteiger partial charge >= 0.3 is 0 Å². The van der Waals surface area contributed by atoms with Crippen LogP contribution in [0.4, 0.5) is 0 Å². The third-order valence-electron chi connectivity index (χ3n) is 14.2. The molecule has 10 rings (SSSR count). The van der Waals surface area contributed by atoms with E-state index in [1.165, 1.54) is 116 Å². The van der Waals surface area contributed by atoms with Crippen molar-refractivity contribution in [2.45, 2.75) is 105 Å². The van der Waals surface area contributed by atoms with Gasteiger partial charge in [0.25, 0.3) is 0 Å². The lowest BCUT2D eigenvalue weighted by atomic mass is 9.66. The van der Waals surface area contributed by atoms with E-state index in [0.29, 0.717) is 0 Å². The summed E-state index contributed by atoms with van der Waals surface area (Å²) < 4.78 is 0. The minimum Gasteiger partial charge on any atom is -0.0651 e. The lowest BCUT2D eigenvalue weighted by molar-refractivity contribution is 0.773. The number of benzene rings is 8. The summed E-state index contributed by atoms with van der Waals surface area (Å²) in [5.41, 5.74) is 30.4. The molecule has 0 fully saturated rings. The van der Waals surface area contributed by atoms with Crippen LogP contribution in [0.2, 0.25) is 0 Å². The Hall–Kier alpha value is -5.98. The molecule has 2 aliphatic rings. The first-order valence-corrected chi connectivity index (χ1v) is 23.8. The lowest BCUT2D eigenvalue weighted by Gasteiger charge is -2.37. The molecule has 0 nitrogen and oxygen atoms in total. The largest absolute Gasteiger partial charge is 0.0651 e. The Morgan fingerprint density at radius 3 is 0.806 bits per heavy atom. The van der Waals surface area contributed by atoms with E-state index in [-0.39, 0.29) is 0 Å². The molecule has 0 spiro atoms. The average Bonchev–Trinajstić information content (AvgIpc) is 3.32. The molecule has 2 aliphatic carbocycles. The van der Waals surface area contributed by atoms with E-state index in [0.717, 1.165) is 38.5 Å². The minimum atomic E-state index is 0.892. The number of fused-ring (bicyclic) bond motifs is 5. The molecule has 0 heteroatoms. The molecule has 0 aromatic heterocycles. The van der Waals surface area contributed by atoms with Crippen LogP contribution in [0.5, 0.6) is 0 Å². The van der Waals surface area contributed by atoms with Crippen LogP contribution in [0, 0.1) is 0 Å². The summed E-state index contributed by atoms with van der Waals surface area (Å²) in [6, 6.07) is 54.8. The third kappa shape index (κ3) is 6.84. The van der Waals surface area contributed by atoms with Gasteiger partial charge in [-0.3, -0.25) is 0 Å². The molecule has 0 N–H and O–H groups in total. The van der Waals surface area contributed by atoms with Gasteiger partial charge in [-0.1, -0.05) is 199 Å². The van der Waals surface area contributed by atoms with Crippen LogP contribution in [0.1, 0.15) is 120 Å². The fourth-order valence-corrected chi connectivity index (χ4v) is 11.9. The van der Waals surface area contributed by atoms with Gasteiger partial charge in [0.15, 0.2) is 0 Å². The van der Waals surface area contributed by atoms with Crippen LogP contribution >= 0.6 is 0 Å². The molecular weight excluding hydrogens is 745 g/mol. The van der Waals surface area contributed by atoms with Gasteiger partial charge in [-0.15, -0.1) is 0 Å². The summed E-state index contributed by atoms with van der Waals surface area (Å²) in [5.74, 6) is 0. The van der Waals surface area contributed by atoms with Crippen LogP contribution in [0.25, 0.3) is 55.3 Å². The van der Waals surface area contributed by atoms with Gasteiger partial charge in [0.1, 0.15) is 0 Å². The lowest BCUT2D eigenvalue weighted by Crippen LogP contribution is -2.23. The van der Waals surface area contributed by atoms with Gasteiger partial charge in [0, 0.05) is 0 Å². The van der Waals surface area contributed by atoms with Gasteiger partial charge in [0.05, 0.1) is 0 Å². The van der Waals surface area contributed by atoms with Crippen molar-refractivity contribution in [3.63, 3.8) is 0 Å². The van der Waals surface area contributed by atoms with Crippen molar-refractivity contribution in [2.24, 2.45) is 0 Å². The minimum absolute atomic E-state index is 0.892. The maximum atomic E-state index is 2.40. The van der Waals surface area contributed by atoms with E-state index >= 15 is 0 Å². The maximum Gasteiger partial charge on any atom is -0.000697 e. The molecule has 0 unspecified atom stereocenters. The number of hydrogen-bond donors (Lipinski definition) is 0. The first-order chi connectivity index (χ1) is 30.6. The summed E-state index contributed by atoms with van der Waals surface area (Å²) in [7, 11) is 0. The zero-order valence-corrected chi connectivity index (χ0v) is 37.3. The molecule has 8 aromatic rings. The van der Waals surface area contributed by atoms with Gasteiger partial charge in [-0.25, -0.2) is 0 Å². The van der Waals surface area contributed by atoms with E-state index < -0.39 is 0 Å². The molecule has 8 aromatic carbocycles. The van der Waals surface area contributed by atoms with E-state index in [9.17, 15) is 0 Å². The zero-order chi connectivity index (χ0) is 42.2. The van der Waals surface area contributed by atoms with E-state index in [4.69, 9.17) is 0 Å². The molecular formula is C62H60. The first-order valence-electron chi connectivity index (χ1n) is 23.8. The predicted molar refractivity (Wildman–Crippen MR) is 266 cm³/mol. The van der Waals surface area contributed by atoms with Crippen molar-refractivity contribution >= 4 is 10.8 Å². The SMILES string of the molecule is CCCc1c(CCC)c(CCC)c2c(c1CCC)Cc1c(c(-c3ccccc3)c3c(c1-c1ccccc1)Cc1c(c(-c4ccccc4)c4ccccc4c1-c1ccccc1)C3)C2. The van der Waals surface area contributed by atoms with Crippen molar-refractivity contribution in [3.05, 3.63) is 212 Å². The number of hydrogen-bond acceptors (Lipinski definition) is 0. The average molecular weight is 805 g/mol. The van der Waals surface area contributed by atoms with Crippen molar-refractivity contribution in [2.75, 3.05) is 0 Å². The molecule has 0 amide bonds. The highest BCUT2D eigenvalue weighted by molar-refractivity contribution is 6.09. The number of rotatable bonds is 12. The van der Waals surface area contributed by atoms with Crippen LogP contribution in [-0.4, -0.2) is 0 Å². The van der Waals surface area contributed by atoms with Crippen LogP contribution in [0.3, 0.4) is 0 Å². The topological polar surface area (TPSA) is 0 Å². The van der Waals surface area contributed by atoms with Gasteiger partial charge in [-0.05, 0) is 173 Å². The molecule has 0 saturated carbocycles. The molecule has 0 radical (unpaired) electrons. The highest BCUT2D eigenvalue weighted by atomic mass is 14.4. The van der Waals surface area contributed by atoms with Crippen molar-refractivity contribution in [3.8, 4) is 44.5 Å². The smallest absolute Gasteiger partial charge is 0.000697 e. The summed E-state index contributed by atoms with van der Waals surface area (Å²) in [4.78, 5) is 0. The Bertz CT molecular complexity index is 2700. The molecule has 0 aliphatic heterocycles. The van der Waals surface area contributed by atoms with Crippen LogP contribution in [0.15, 0.2) is 146 Å². The normalized spacial score (nSPS) is 12.8. The molecule has 308 valence electrons. The summed E-state index contributed by atoms with van der Waals surface area (Å²) >= 11 is 0. The summed E-state index contributed by atoms with van der Waals surface area (Å²) in [6.07, 6.45) is 13.2. The predicted octanol–water partition coefficient (Wildman–Crippen LogP) is 16.3. The summed E-state index contributed by atoms with van der Waals surface area (Å²) in [5, 5.41) is 2.69. The monoisotopic (exact) mass is 804 g/mol. The molecule has 0 bridgehead atoms. The Kier molecular flexibility index (Phi) is 11.3. The van der Waals surface area contributed by atoms with Crippen molar-refractivity contribution in [1.29, 1.82) is 0 Å². The fourth-order valence-electron chi connectivity index (χ4n) is 11.9. The first kappa shape index (κ1) is 40.1. The van der Waals surface area contributed by atoms with E-state index in [1.54, 1.807) is 44.5 Å². The Labute approximate surface area is 370 Å². The van der Waals surface area contributed by atoms with Gasteiger partial charge < -0.3 is 0 Å². The third-order valence-corrected chi connectivity index (χ3v) is 14.2. The van der Waals surface area contributed by atoms with Crippen LogP contribution < -0.4 is 0 Å². The molecule has 62 heavy (non-hydrogen) atoms. The maximum absolute atomic E-state index is 2.40. The van der Waals surface area contributed by atoms with Gasteiger partial charge in [0.2, 0.25) is 0 Å². The van der Waals surface area contributed by atoms with Crippen LogP contribution in [-0.2, 0) is 51.4 Å². The Morgan fingerprint density at radius 2 is 0.500 bits per heavy atom.